The molecule has 0 amide bonds. The van der Waals surface area contributed by atoms with Crippen LogP contribution in [-0.2, 0) is 0 Å². The molecule has 3 aromatic rings. The van der Waals surface area contributed by atoms with E-state index in [1.807, 2.05) is 18.7 Å². The monoisotopic (exact) mass is 428 g/mol. The lowest BCUT2D eigenvalue weighted by molar-refractivity contribution is 0.0695. The molecular weight excluding hydrogens is 406 g/mol. The number of fused-ring (bicyclic) bond motifs is 1. The Labute approximate surface area is 176 Å². The van der Waals surface area contributed by atoms with E-state index in [9.17, 15) is 19.1 Å². The number of benzene rings is 2. The molecule has 0 bridgehead atoms. The van der Waals surface area contributed by atoms with Crippen LogP contribution in [-0.4, -0.2) is 40.8 Å². The summed E-state index contributed by atoms with van der Waals surface area (Å²) in [5.41, 5.74) is 4.88. The van der Waals surface area contributed by atoms with E-state index in [2.05, 4.69) is 5.32 Å². The van der Waals surface area contributed by atoms with E-state index >= 15 is 4.39 Å². The van der Waals surface area contributed by atoms with Gasteiger partial charge in [-0.15, -0.1) is 0 Å². The van der Waals surface area contributed by atoms with E-state index in [1.54, 1.807) is 0 Å². The number of nitrogen functional groups attached to an aromatic ring is 1. The standard InChI is InChI=1S/C22H22F2N4O3/c1-11-8-27(9-12(2)26-11)20-7-19-14(6-17(20)24)21(29)15(22(30)31)10-28(19)18-4-3-13(25)5-16(18)23/h3-7,10-12,26H,8-9,25H2,1-2H3,(H,30,31). The summed E-state index contributed by atoms with van der Waals surface area (Å²) in [6.07, 6.45) is 1.06. The van der Waals surface area contributed by atoms with E-state index in [4.69, 9.17) is 5.73 Å². The zero-order valence-electron chi connectivity index (χ0n) is 17.0. The lowest BCUT2D eigenvalue weighted by Crippen LogP contribution is -2.54. The summed E-state index contributed by atoms with van der Waals surface area (Å²) in [5.74, 6) is -2.82. The van der Waals surface area contributed by atoms with Crippen molar-refractivity contribution in [2.45, 2.75) is 25.9 Å². The number of carboxylic acid groups (broad SMARTS) is 1. The Hall–Kier alpha value is -3.46. The van der Waals surface area contributed by atoms with Crippen molar-refractivity contribution in [2.24, 2.45) is 0 Å². The smallest absolute Gasteiger partial charge is 0.341 e. The Morgan fingerprint density at radius 3 is 2.35 bits per heavy atom. The highest BCUT2D eigenvalue weighted by molar-refractivity contribution is 5.94. The Kier molecular flexibility index (Phi) is 5.14. The minimum atomic E-state index is -1.48. The molecule has 2 aromatic carbocycles. The van der Waals surface area contributed by atoms with Crippen molar-refractivity contribution in [1.29, 1.82) is 0 Å². The topological polar surface area (TPSA) is 101 Å². The summed E-state index contributed by atoms with van der Waals surface area (Å²) in [5, 5.41) is 12.7. The molecule has 0 spiro atoms. The van der Waals surface area contributed by atoms with Gasteiger partial charge < -0.3 is 25.6 Å². The van der Waals surface area contributed by atoms with Crippen LogP contribution in [0, 0.1) is 11.6 Å². The molecule has 2 unspecified atom stereocenters. The van der Waals surface area contributed by atoms with E-state index in [1.165, 1.54) is 22.8 Å². The van der Waals surface area contributed by atoms with Crippen molar-refractivity contribution in [3.8, 4) is 5.69 Å². The number of rotatable bonds is 3. The lowest BCUT2D eigenvalue weighted by atomic mass is 10.1. The maximum atomic E-state index is 15.1. The molecule has 1 aliphatic heterocycles. The van der Waals surface area contributed by atoms with E-state index in [0.717, 1.165) is 18.3 Å². The maximum Gasteiger partial charge on any atom is 0.341 e. The number of pyridine rings is 1. The number of piperazine rings is 1. The third-order valence-corrected chi connectivity index (χ3v) is 5.43. The van der Waals surface area contributed by atoms with Gasteiger partial charge >= 0.3 is 5.97 Å². The molecule has 31 heavy (non-hydrogen) atoms. The van der Waals surface area contributed by atoms with Crippen LogP contribution < -0.4 is 21.4 Å². The Bertz CT molecular complexity index is 1250. The zero-order chi connectivity index (χ0) is 22.4. The summed E-state index contributed by atoms with van der Waals surface area (Å²) in [6, 6.07) is 6.69. The third kappa shape index (κ3) is 3.72. The fourth-order valence-corrected chi connectivity index (χ4v) is 4.17. The molecule has 1 fully saturated rings. The zero-order valence-corrected chi connectivity index (χ0v) is 17.0. The Morgan fingerprint density at radius 1 is 1.10 bits per heavy atom. The average molecular weight is 428 g/mol. The molecule has 1 saturated heterocycles. The van der Waals surface area contributed by atoms with Crippen molar-refractivity contribution in [3.63, 3.8) is 0 Å². The first-order valence-electron chi connectivity index (χ1n) is 9.84. The van der Waals surface area contributed by atoms with Crippen LogP contribution in [0.15, 0.2) is 41.3 Å². The predicted octanol–water partition coefficient (Wildman–Crippen LogP) is 2.74. The normalized spacial score (nSPS) is 19.0. The molecule has 162 valence electrons. The highest BCUT2D eigenvalue weighted by Gasteiger charge is 2.25. The number of aromatic nitrogens is 1. The van der Waals surface area contributed by atoms with Crippen LogP contribution >= 0.6 is 0 Å². The first-order chi connectivity index (χ1) is 14.7. The minimum absolute atomic E-state index is 0.00121. The van der Waals surface area contributed by atoms with E-state index < -0.39 is 28.6 Å². The average Bonchev–Trinajstić information content (AvgIpc) is 2.68. The SMILES string of the molecule is CC1CN(c2cc3c(cc2F)c(=O)c(C(=O)O)cn3-c2ccc(N)cc2F)CC(C)N1. The summed E-state index contributed by atoms with van der Waals surface area (Å²) in [6.45, 7) is 5.06. The predicted molar refractivity (Wildman–Crippen MR) is 115 cm³/mol. The van der Waals surface area contributed by atoms with Crippen molar-refractivity contribution >= 4 is 28.2 Å². The van der Waals surface area contributed by atoms with Crippen LogP contribution in [0.25, 0.3) is 16.6 Å². The quantitative estimate of drug-likeness (QED) is 0.555. The van der Waals surface area contributed by atoms with Gasteiger partial charge in [-0.3, -0.25) is 4.79 Å². The number of nitrogens with two attached hydrogens (primary N) is 1. The number of hydrogen-bond donors (Lipinski definition) is 3. The van der Waals surface area contributed by atoms with Gasteiger partial charge in [0, 0.05) is 42.4 Å². The van der Waals surface area contributed by atoms with Crippen molar-refractivity contribution in [2.75, 3.05) is 23.7 Å². The third-order valence-electron chi connectivity index (χ3n) is 5.43. The van der Waals surface area contributed by atoms with Crippen LogP contribution in [0.1, 0.15) is 24.2 Å². The number of aromatic carboxylic acids is 1. The molecule has 0 aliphatic carbocycles. The molecule has 1 aliphatic rings. The second-order valence-electron chi connectivity index (χ2n) is 7.95. The molecule has 1 aromatic heterocycles. The summed E-state index contributed by atoms with van der Waals surface area (Å²) in [7, 11) is 0. The van der Waals surface area contributed by atoms with E-state index in [0.29, 0.717) is 13.1 Å². The lowest BCUT2D eigenvalue weighted by Gasteiger charge is -2.38. The number of halogens is 2. The minimum Gasteiger partial charge on any atom is -0.477 e. The molecule has 2 atom stereocenters. The number of carbonyl (C=O) groups is 1. The van der Waals surface area contributed by atoms with Crippen molar-refractivity contribution in [3.05, 3.63) is 63.9 Å². The van der Waals surface area contributed by atoms with Crippen LogP contribution in [0.4, 0.5) is 20.2 Å². The molecule has 7 nitrogen and oxygen atoms in total. The van der Waals surface area contributed by atoms with Crippen molar-refractivity contribution in [1.82, 2.24) is 9.88 Å². The summed E-state index contributed by atoms with van der Waals surface area (Å²) in [4.78, 5) is 26.2. The molecule has 0 saturated carbocycles. The summed E-state index contributed by atoms with van der Waals surface area (Å²) < 4.78 is 31.1. The largest absolute Gasteiger partial charge is 0.477 e. The van der Waals surface area contributed by atoms with Crippen LogP contribution in [0.3, 0.4) is 0 Å². The van der Waals surface area contributed by atoms with E-state index in [-0.39, 0.29) is 40.0 Å². The van der Waals surface area contributed by atoms with Gasteiger partial charge in [0.2, 0.25) is 5.43 Å². The molecule has 2 heterocycles. The molecule has 0 radical (unpaired) electrons. The fraction of sp³-hybridized carbons (Fsp3) is 0.273. The van der Waals surface area contributed by atoms with Crippen molar-refractivity contribution < 1.29 is 18.7 Å². The number of carboxylic acids is 1. The molecule has 4 rings (SSSR count). The highest BCUT2D eigenvalue weighted by Crippen LogP contribution is 2.29. The highest BCUT2D eigenvalue weighted by atomic mass is 19.1. The molecule has 4 N–H and O–H groups in total. The number of nitrogens with one attached hydrogen (secondary N) is 1. The van der Waals surface area contributed by atoms with Crippen LogP contribution in [0.5, 0.6) is 0 Å². The van der Waals surface area contributed by atoms with Gasteiger partial charge in [0.25, 0.3) is 0 Å². The fourth-order valence-electron chi connectivity index (χ4n) is 4.17. The summed E-state index contributed by atoms with van der Waals surface area (Å²) >= 11 is 0. The first kappa shape index (κ1) is 20.8. The molecule has 9 heteroatoms. The Morgan fingerprint density at radius 2 is 1.74 bits per heavy atom. The number of nitrogens with zero attached hydrogens (tertiary/aromatic N) is 2. The molecular formula is C22H22F2N4O3. The van der Waals surface area contributed by atoms with Gasteiger partial charge in [-0.05, 0) is 44.2 Å². The number of hydrogen-bond acceptors (Lipinski definition) is 5. The second kappa shape index (κ2) is 7.66. The van der Waals surface area contributed by atoms with Gasteiger partial charge in [0.05, 0.1) is 16.9 Å². The Balaban J connectivity index is 2.02. The van der Waals surface area contributed by atoms with Crippen LogP contribution in [0.2, 0.25) is 0 Å². The number of anilines is 2. The van der Waals surface area contributed by atoms with Gasteiger partial charge in [0.1, 0.15) is 17.2 Å². The second-order valence-corrected chi connectivity index (χ2v) is 7.95. The van der Waals surface area contributed by atoms with Gasteiger partial charge in [-0.1, -0.05) is 0 Å². The van der Waals surface area contributed by atoms with Gasteiger partial charge in [-0.2, -0.15) is 0 Å². The first-order valence-corrected chi connectivity index (χ1v) is 9.84. The van der Waals surface area contributed by atoms with Gasteiger partial charge in [0.15, 0.2) is 0 Å². The van der Waals surface area contributed by atoms with Gasteiger partial charge in [-0.25, -0.2) is 13.6 Å². The maximum absolute atomic E-state index is 15.1.